The largest absolute Gasteiger partial charge is 0.292 e. The number of hydrogen-bond acceptors (Lipinski definition) is 4. The summed E-state index contributed by atoms with van der Waals surface area (Å²) in [6, 6.07) is 1.89. The molecule has 3 rings (SSSR count). The van der Waals surface area contributed by atoms with Crippen molar-refractivity contribution in [2.24, 2.45) is 10.9 Å². The van der Waals surface area contributed by atoms with Gasteiger partial charge in [0, 0.05) is 30.3 Å². The molecule has 1 N–H and O–H groups in total. The number of thioether (sulfide) groups is 1. The lowest BCUT2D eigenvalue weighted by atomic mass is 10.0. The highest BCUT2D eigenvalue weighted by Crippen LogP contribution is 2.45. The Balaban J connectivity index is 1.94. The molecule has 1 aromatic rings. The van der Waals surface area contributed by atoms with E-state index < -0.39 is 10.8 Å². The van der Waals surface area contributed by atoms with Gasteiger partial charge in [-0.2, -0.15) is 5.10 Å². The topological polar surface area (TPSA) is 58.1 Å². The quantitative estimate of drug-likeness (QED) is 0.905. The molecule has 112 valence electrons. The fourth-order valence-corrected chi connectivity index (χ4v) is 5.57. The molecule has 2 aliphatic rings. The maximum absolute atomic E-state index is 12.9. The van der Waals surface area contributed by atoms with Crippen LogP contribution in [0.25, 0.3) is 4.91 Å². The Labute approximate surface area is 131 Å². The van der Waals surface area contributed by atoms with E-state index in [2.05, 4.69) is 29.0 Å². The fraction of sp³-hybridized carbons (Fsp3) is 0.467. The van der Waals surface area contributed by atoms with Gasteiger partial charge >= 0.3 is 0 Å². The van der Waals surface area contributed by atoms with Crippen LogP contribution in [0.1, 0.15) is 32.4 Å². The minimum Gasteiger partial charge on any atom is -0.292 e. The Bertz CT molecular complexity index is 644. The highest BCUT2D eigenvalue weighted by molar-refractivity contribution is 8.19. The molecule has 6 heteroatoms. The Kier molecular flexibility index (Phi) is 4.45. The molecule has 21 heavy (non-hydrogen) atoms. The van der Waals surface area contributed by atoms with Crippen molar-refractivity contribution in [1.82, 2.24) is 10.2 Å². The summed E-state index contributed by atoms with van der Waals surface area (Å²) in [4.78, 5) is 5.28. The predicted octanol–water partition coefficient (Wildman–Crippen LogP) is 3.35. The maximum Gasteiger partial charge on any atom is 0.0946 e. The summed E-state index contributed by atoms with van der Waals surface area (Å²) in [6.07, 6.45) is 5.61. The van der Waals surface area contributed by atoms with Crippen LogP contribution in [0.3, 0.4) is 0 Å². The number of rotatable bonds is 5. The lowest BCUT2D eigenvalue weighted by Crippen LogP contribution is -2.02. The highest BCUT2D eigenvalue weighted by atomic mass is 32.2. The predicted molar refractivity (Wildman–Crippen MR) is 90.6 cm³/mol. The third-order valence-electron chi connectivity index (χ3n) is 3.83. The molecule has 0 fully saturated rings. The highest BCUT2D eigenvalue weighted by Gasteiger charge is 2.33. The number of aliphatic imine (C=N–C) groups is 1. The molecule has 2 unspecified atom stereocenters. The number of aromatic amines is 1. The summed E-state index contributed by atoms with van der Waals surface area (Å²) in [5.41, 5.74) is 3.13. The van der Waals surface area contributed by atoms with E-state index in [9.17, 15) is 4.21 Å². The molecule has 2 atom stereocenters. The second kappa shape index (κ2) is 6.32. The number of nitrogens with one attached hydrogen (secondary N) is 1. The third kappa shape index (κ3) is 2.79. The summed E-state index contributed by atoms with van der Waals surface area (Å²) >= 11 is 1.72. The van der Waals surface area contributed by atoms with E-state index in [1.807, 2.05) is 12.3 Å². The first-order chi connectivity index (χ1) is 10.2. The van der Waals surface area contributed by atoms with Crippen LogP contribution < -0.4 is 0 Å². The van der Waals surface area contributed by atoms with E-state index in [1.54, 1.807) is 18.0 Å². The van der Waals surface area contributed by atoms with Gasteiger partial charge in [-0.25, -0.2) is 4.21 Å². The van der Waals surface area contributed by atoms with Crippen LogP contribution in [0.15, 0.2) is 32.6 Å². The summed E-state index contributed by atoms with van der Waals surface area (Å²) in [5.74, 6) is 1.62. The van der Waals surface area contributed by atoms with Gasteiger partial charge in [-0.1, -0.05) is 20.3 Å². The van der Waals surface area contributed by atoms with Crippen molar-refractivity contribution in [2.75, 3.05) is 12.3 Å². The van der Waals surface area contributed by atoms with Crippen molar-refractivity contribution in [3.63, 3.8) is 0 Å². The van der Waals surface area contributed by atoms with Crippen molar-refractivity contribution >= 4 is 33.7 Å². The Morgan fingerprint density at radius 3 is 3.10 bits per heavy atom. The van der Waals surface area contributed by atoms with Crippen LogP contribution in [0, 0.1) is 5.92 Å². The van der Waals surface area contributed by atoms with Crippen molar-refractivity contribution in [3.8, 4) is 0 Å². The number of hydrogen-bond donors (Lipinski definition) is 1. The van der Waals surface area contributed by atoms with E-state index in [1.165, 1.54) is 5.57 Å². The third-order valence-corrected chi connectivity index (χ3v) is 7.24. The number of nitrogens with zero attached hydrogens (tertiary/aromatic N) is 2. The molecule has 4 nitrogen and oxygen atoms in total. The van der Waals surface area contributed by atoms with Crippen molar-refractivity contribution in [3.05, 3.63) is 33.3 Å². The zero-order chi connectivity index (χ0) is 14.8. The molecule has 0 aliphatic carbocycles. The van der Waals surface area contributed by atoms with E-state index in [-0.39, 0.29) is 0 Å². The Hall–Kier alpha value is -1.14. The van der Waals surface area contributed by atoms with Crippen LogP contribution in [0.4, 0.5) is 0 Å². The SMILES string of the molecule is CCC(C)CSC1=C2C=NCCC2=C(c2ccn[nH]2)S1=O. The number of allylic oxidation sites excluding steroid dienone is 1. The van der Waals surface area contributed by atoms with Gasteiger partial charge in [-0.3, -0.25) is 10.1 Å². The fourth-order valence-electron chi connectivity index (χ4n) is 2.37. The standard InChI is InChI=1S/C15H19N3OS2/c1-3-10(2)9-20-15-12-8-16-6-4-11(12)14(21(15)19)13-5-7-17-18-13/h5,7-8,10H,3-4,6,9H2,1-2H3,(H,17,18). The lowest BCUT2D eigenvalue weighted by Gasteiger charge is -2.11. The average Bonchev–Trinajstić information content (AvgIpc) is 3.10. The molecule has 0 saturated carbocycles. The summed E-state index contributed by atoms with van der Waals surface area (Å²) in [5, 5.41) is 6.96. The first-order valence-electron chi connectivity index (χ1n) is 7.24. The molecule has 1 aromatic heterocycles. The molecular formula is C15H19N3OS2. The molecule has 0 saturated heterocycles. The van der Waals surface area contributed by atoms with Crippen LogP contribution in [0.5, 0.6) is 0 Å². The lowest BCUT2D eigenvalue weighted by molar-refractivity contribution is 0.637. The molecule has 0 bridgehead atoms. The smallest absolute Gasteiger partial charge is 0.0946 e. The minimum absolute atomic E-state index is 0.625. The van der Waals surface area contributed by atoms with Gasteiger partial charge in [0.15, 0.2) is 0 Å². The van der Waals surface area contributed by atoms with Crippen LogP contribution in [-0.2, 0) is 10.8 Å². The van der Waals surface area contributed by atoms with E-state index in [4.69, 9.17) is 0 Å². The molecular weight excluding hydrogens is 302 g/mol. The molecule has 0 radical (unpaired) electrons. The zero-order valence-corrected chi connectivity index (χ0v) is 13.9. The molecule has 2 aliphatic heterocycles. The van der Waals surface area contributed by atoms with Crippen molar-refractivity contribution in [2.45, 2.75) is 26.7 Å². The number of H-pyrrole nitrogens is 1. The average molecular weight is 321 g/mol. The minimum atomic E-state index is -1.11. The van der Waals surface area contributed by atoms with Gasteiger partial charge in [0.1, 0.15) is 0 Å². The zero-order valence-electron chi connectivity index (χ0n) is 12.3. The van der Waals surface area contributed by atoms with Crippen molar-refractivity contribution < 1.29 is 4.21 Å². The second-order valence-electron chi connectivity index (χ2n) is 5.36. The first-order valence-corrected chi connectivity index (χ1v) is 9.37. The van der Waals surface area contributed by atoms with Gasteiger partial charge in [-0.05, 0) is 24.0 Å². The van der Waals surface area contributed by atoms with E-state index in [0.29, 0.717) is 5.92 Å². The molecule has 0 aromatic carbocycles. The molecule has 0 spiro atoms. The number of fused-ring (bicyclic) bond motifs is 1. The number of aromatic nitrogens is 2. The first kappa shape index (κ1) is 14.8. The maximum atomic E-state index is 12.9. The normalized spacial score (nSPS) is 22.9. The van der Waals surface area contributed by atoms with Gasteiger partial charge in [0.2, 0.25) is 0 Å². The Morgan fingerprint density at radius 2 is 2.38 bits per heavy atom. The van der Waals surface area contributed by atoms with Crippen LogP contribution >= 0.6 is 11.8 Å². The second-order valence-corrected chi connectivity index (χ2v) is 8.00. The van der Waals surface area contributed by atoms with Gasteiger partial charge in [0.05, 0.1) is 25.6 Å². The Morgan fingerprint density at radius 1 is 1.52 bits per heavy atom. The van der Waals surface area contributed by atoms with Gasteiger partial charge < -0.3 is 0 Å². The van der Waals surface area contributed by atoms with Crippen molar-refractivity contribution in [1.29, 1.82) is 0 Å². The monoisotopic (exact) mass is 321 g/mol. The molecule has 0 amide bonds. The van der Waals surface area contributed by atoms with Gasteiger partial charge in [-0.15, -0.1) is 11.8 Å². The van der Waals surface area contributed by atoms with Crippen LogP contribution in [0.2, 0.25) is 0 Å². The summed E-state index contributed by atoms with van der Waals surface area (Å²) in [7, 11) is -1.11. The summed E-state index contributed by atoms with van der Waals surface area (Å²) < 4.78 is 13.9. The molecule has 3 heterocycles. The van der Waals surface area contributed by atoms with Gasteiger partial charge in [0.25, 0.3) is 0 Å². The van der Waals surface area contributed by atoms with Crippen LogP contribution in [-0.4, -0.2) is 32.9 Å². The van der Waals surface area contributed by atoms with E-state index in [0.717, 1.165) is 45.5 Å². The summed E-state index contributed by atoms with van der Waals surface area (Å²) in [6.45, 7) is 5.20. The van der Waals surface area contributed by atoms with E-state index >= 15 is 0 Å².